The molecule has 0 atom stereocenters. The number of carbonyl (C=O) groups excluding carboxylic acids is 1. The van der Waals surface area contributed by atoms with Crippen LogP contribution in [-0.2, 0) is 6.54 Å². The van der Waals surface area contributed by atoms with E-state index in [1.807, 2.05) is 49.5 Å². The van der Waals surface area contributed by atoms with Crippen molar-refractivity contribution in [1.82, 2.24) is 19.5 Å². The molecule has 0 unspecified atom stereocenters. The van der Waals surface area contributed by atoms with Gasteiger partial charge in [-0.2, -0.15) is 0 Å². The van der Waals surface area contributed by atoms with Crippen LogP contribution in [0.3, 0.4) is 0 Å². The molecule has 0 bridgehead atoms. The zero-order valence-corrected chi connectivity index (χ0v) is 16.4. The first-order valence-corrected chi connectivity index (χ1v) is 9.65. The molecule has 0 aliphatic carbocycles. The first-order valence-electron chi connectivity index (χ1n) is 9.27. The first kappa shape index (κ1) is 17.6. The van der Waals surface area contributed by atoms with E-state index in [2.05, 4.69) is 25.6 Å². The lowest BCUT2D eigenvalue weighted by Gasteiger charge is -2.06. The molecule has 0 aliphatic rings. The van der Waals surface area contributed by atoms with Crippen LogP contribution in [0, 0.1) is 6.92 Å². The maximum Gasteiger partial charge on any atom is 0.230 e. The number of H-pyrrole nitrogens is 1. The van der Waals surface area contributed by atoms with Gasteiger partial charge in [-0.3, -0.25) is 9.78 Å². The summed E-state index contributed by atoms with van der Waals surface area (Å²) in [5.41, 5.74) is 5.37. The number of hydrogen-bond acceptors (Lipinski definition) is 3. The van der Waals surface area contributed by atoms with E-state index in [0.29, 0.717) is 23.0 Å². The van der Waals surface area contributed by atoms with Crippen LogP contribution < -0.4 is 0 Å². The largest absolute Gasteiger partial charge is 0.342 e. The number of halogens is 1. The molecule has 5 nitrogen and oxygen atoms in total. The van der Waals surface area contributed by atoms with Crippen LogP contribution in [0.15, 0.2) is 67.1 Å². The van der Waals surface area contributed by atoms with Crippen molar-refractivity contribution < 1.29 is 4.79 Å². The number of benzene rings is 2. The van der Waals surface area contributed by atoms with E-state index in [0.717, 1.165) is 33.1 Å². The number of carbonyl (C=O) groups is 1. The predicted octanol–water partition coefficient (Wildman–Crippen LogP) is 5.15. The fourth-order valence-electron chi connectivity index (χ4n) is 3.59. The fourth-order valence-corrected chi connectivity index (χ4v) is 3.72. The third-order valence-corrected chi connectivity index (χ3v) is 5.30. The summed E-state index contributed by atoms with van der Waals surface area (Å²) in [5.74, 6) is 0.184. The lowest BCUT2D eigenvalue weighted by molar-refractivity contribution is 0.103. The van der Waals surface area contributed by atoms with Gasteiger partial charge in [-0.25, -0.2) is 4.98 Å². The molecule has 142 valence electrons. The summed E-state index contributed by atoms with van der Waals surface area (Å²) >= 11 is 6.01. The number of nitrogens with zero attached hydrogens (tertiary/aromatic N) is 3. The van der Waals surface area contributed by atoms with Gasteiger partial charge in [0.1, 0.15) is 0 Å². The Balaban J connectivity index is 1.61. The quantitative estimate of drug-likeness (QED) is 0.424. The summed E-state index contributed by atoms with van der Waals surface area (Å²) in [5, 5.41) is 1.62. The minimum Gasteiger partial charge on any atom is -0.342 e. The molecule has 0 fully saturated rings. The van der Waals surface area contributed by atoms with Crippen LogP contribution in [0.2, 0.25) is 5.02 Å². The van der Waals surface area contributed by atoms with Crippen molar-refractivity contribution in [2.45, 2.75) is 13.5 Å². The van der Waals surface area contributed by atoms with Gasteiger partial charge in [-0.15, -0.1) is 0 Å². The average Bonchev–Trinajstić information content (AvgIpc) is 3.31. The average molecular weight is 401 g/mol. The van der Waals surface area contributed by atoms with E-state index in [1.165, 1.54) is 0 Å². The molecule has 5 aromatic rings. The van der Waals surface area contributed by atoms with Gasteiger partial charge in [0.2, 0.25) is 5.78 Å². The smallest absolute Gasteiger partial charge is 0.230 e. The Labute approximate surface area is 172 Å². The zero-order chi connectivity index (χ0) is 20.0. The van der Waals surface area contributed by atoms with E-state index in [1.54, 1.807) is 18.5 Å². The summed E-state index contributed by atoms with van der Waals surface area (Å²) in [4.78, 5) is 24.9. The minimum absolute atomic E-state index is 0.134. The molecular formula is C23H17ClN4O. The topological polar surface area (TPSA) is 63.6 Å². The van der Waals surface area contributed by atoms with Crippen LogP contribution in [0.4, 0.5) is 0 Å². The summed E-state index contributed by atoms with van der Waals surface area (Å²) in [6, 6.07) is 15.7. The highest BCUT2D eigenvalue weighted by Crippen LogP contribution is 2.26. The number of pyridine rings is 1. The normalized spacial score (nSPS) is 11.4. The van der Waals surface area contributed by atoms with E-state index in [9.17, 15) is 4.79 Å². The molecule has 5 rings (SSSR count). The molecule has 0 saturated heterocycles. The van der Waals surface area contributed by atoms with Crippen LogP contribution in [0.5, 0.6) is 0 Å². The summed E-state index contributed by atoms with van der Waals surface area (Å²) in [6.45, 7) is 2.70. The lowest BCUT2D eigenvalue weighted by atomic mass is 10.1. The second-order valence-electron chi connectivity index (χ2n) is 7.13. The van der Waals surface area contributed by atoms with Crippen LogP contribution in [0.1, 0.15) is 27.3 Å². The van der Waals surface area contributed by atoms with Crippen molar-refractivity contribution in [1.29, 1.82) is 0 Å². The summed E-state index contributed by atoms with van der Waals surface area (Å²) < 4.78 is 2.10. The van der Waals surface area contributed by atoms with Crippen LogP contribution >= 0.6 is 11.6 Å². The van der Waals surface area contributed by atoms with E-state index < -0.39 is 0 Å². The van der Waals surface area contributed by atoms with E-state index >= 15 is 0 Å². The molecule has 0 saturated carbocycles. The molecule has 1 N–H and O–H groups in total. The number of nitrogens with one attached hydrogen (secondary N) is 1. The van der Waals surface area contributed by atoms with Crippen molar-refractivity contribution in [2.75, 3.05) is 0 Å². The third kappa shape index (κ3) is 3.19. The van der Waals surface area contributed by atoms with Gasteiger partial charge in [0.25, 0.3) is 0 Å². The number of fused-ring (bicyclic) bond motifs is 2. The first-order chi connectivity index (χ1) is 14.1. The van der Waals surface area contributed by atoms with Gasteiger partial charge >= 0.3 is 0 Å². The second kappa shape index (κ2) is 6.87. The molecule has 0 amide bonds. The van der Waals surface area contributed by atoms with Crippen LogP contribution in [0.25, 0.3) is 21.9 Å². The Morgan fingerprint density at radius 2 is 1.97 bits per heavy atom. The standard InChI is InChI=1S/C23H17ClN4O/c1-14-2-7-17-18(22(29)23-26-19-8-9-25-11-20(19)27-23)13-28(21(17)10-14)12-15-3-5-16(24)6-4-15/h2-11,13H,12H2,1H3,(H,26,27). The molecule has 3 aromatic heterocycles. The SMILES string of the molecule is Cc1ccc2c(C(=O)c3nc4ccncc4[nH]3)cn(Cc3ccc(Cl)cc3)c2c1. The highest BCUT2D eigenvalue weighted by atomic mass is 35.5. The molecule has 29 heavy (non-hydrogen) atoms. The molecule has 0 radical (unpaired) electrons. The molecule has 0 aliphatic heterocycles. The number of aromatic nitrogens is 4. The Morgan fingerprint density at radius 1 is 1.14 bits per heavy atom. The molecule has 2 aromatic carbocycles. The monoisotopic (exact) mass is 400 g/mol. The Bertz CT molecular complexity index is 1330. The maximum atomic E-state index is 13.3. The minimum atomic E-state index is -0.134. The highest BCUT2D eigenvalue weighted by molar-refractivity contribution is 6.30. The van der Waals surface area contributed by atoms with Crippen LogP contribution in [-0.4, -0.2) is 25.3 Å². The fraction of sp³-hybridized carbons (Fsp3) is 0.0870. The summed E-state index contributed by atoms with van der Waals surface area (Å²) in [7, 11) is 0. The van der Waals surface area contributed by atoms with Gasteiger partial charge in [-0.05, 0) is 42.3 Å². The van der Waals surface area contributed by atoms with Gasteiger partial charge in [-0.1, -0.05) is 35.9 Å². The predicted molar refractivity (Wildman–Crippen MR) is 115 cm³/mol. The Hall–Kier alpha value is -3.44. The van der Waals surface area contributed by atoms with Crippen molar-refractivity contribution in [2.24, 2.45) is 0 Å². The third-order valence-electron chi connectivity index (χ3n) is 5.05. The number of hydrogen-bond donors (Lipinski definition) is 1. The van der Waals surface area contributed by atoms with Crippen molar-refractivity contribution in [3.05, 3.63) is 94.7 Å². The lowest BCUT2D eigenvalue weighted by Crippen LogP contribution is -2.03. The number of aromatic amines is 1. The van der Waals surface area contributed by atoms with E-state index in [-0.39, 0.29) is 5.78 Å². The van der Waals surface area contributed by atoms with Crippen molar-refractivity contribution in [3.63, 3.8) is 0 Å². The van der Waals surface area contributed by atoms with Gasteiger partial charge in [0.05, 0.1) is 22.8 Å². The van der Waals surface area contributed by atoms with Gasteiger partial charge < -0.3 is 9.55 Å². The number of ketones is 1. The van der Waals surface area contributed by atoms with Crippen molar-refractivity contribution >= 4 is 39.3 Å². The number of aryl methyl sites for hydroxylation is 1. The molecule has 0 spiro atoms. The molecule has 3 heterocycles. The van der Waals surface area contributed by atoms with Gasteiger partial charge in [0, 0.05) is 34.9 Å². The molecular weight excluding hydrogens is 384 g/mol. The number of rotatable bonds is 4. The zero-order valence-electron chi connectivity index (χ0n) is 15.7. The maximum absolute atomic E-state index is 13.3. The highest BCUT2D eigenvalue weighted by Gasteiger charge is 2.20. The Kier molecular flexibility index (Phi) is 4.18. The summed E-state index contributed by atoms with van der Waals surface area (Å²) in [6.07, 6.45) is 5.25. The van der Waals surface area contributed by atoms with Gasteiger partial charge in [0.15, 0.2) is 5.82 Å². The molecule has 6 heteroatoms. The van der Waals surface area contributed by atoms with E-state index in [4.69, 9.17) is 11.6 Å². The number of imidazole rings is 1. The van der Waals surface area contributed by atoms with Crippen molar-refractivity contribution in [3.8, 4) is 0 Å². The Morgan fingerprint density at radius 3 is 2.76 bits per heavy atom. The second-order valence-corrected chi connectivity index (χ2v) is 7.56.